The molecular formula is C23H25ClN4O3S. The predicted molar refractivity (Wildman–Crippen MR) is 126 cm³/mol. The maximum atomic E-state index is 12.2. The van der Waals surface area contributed by atoms with Crippen LogP contribution in [0.15, 0.2) is 59.5 Å². The van der Waals surface area contributed by atoms with Crippen molar-refractivity contribution in [1.82, 2.24) is 15.1 Å². The molecule has 32 heavy (non-hydrogen) atoms. The van der Waals surface area contributed by atoms with Crippen LogP contribution in [0.4, 0.5) is 0 Å². The van der Waals surface area contributed by atoms with E-state index >= 15 is 0 Å². The standard InChI is InChI=1S/C23H25ClN4O3S/c1-16-3-5-19(6-4-16)15-28-23(24)21(17(2)27-28)11-12-22(29)26-14-13-18-7-9-20(10-8-18)32(25,30)31/h3-12H,13-15H2,1-2H3,(H,26,29)(H2,25,30,31)/b12-11+. The summed E-state index contributed by atoms with van der Waals surface area (Å²) in [4.78, 5) is 12.2. The zero-order chi connectivity index (χ0) is 23.3. The fourth-order valence-corrected chi connectivity index (χ4v) is 3.93. The molecule has 1 heterocycles. The van der Waals surface area contributed by atoms with Gasteiger partial charge in [0.05, 0.1) is 17.1 Å². The average molecular weight is 473 g/mol. The Morgan fingerprint density at radius 1 is 1.09 bits per heavy atom. The van der Waals surface area contributed by atoms with E-state index < -0.39 is 10.0 Å². The molecule has 3 N–H and O–H groups in total. The lowest BCUT2D eigenvalue weighted by molar-refractivity contribution is -0.116. The van der Waals surface area contributed by atoms with Crippen LogP contribution in [-0.2, 0) is 27.8 Å². The van der Waals surface area contributed by atoms with Crippen LogP contribution < -0.4 is 10.5 Å². The number of rotatable bonds is 8. The molecule has 0 saturated carbocycles. The molecule has 0 atom stereocenters. The first-order valence-corrected chi connectivity index (χ1v) is 11.9. The number of primary sulfonamides is 1. The largest absolute Gasteiger partial charge is 0.352 e. The van der Waals surface area contributed by atoms with Crippen LogP contribution >= 0.6 is 11.6 Å². The SMILES string of the molecule is Cc1ccc(Cn2nc(C)c(/C=C/C(=O)NCCc3ccc(S(N)(=O)=O)cc3)c2Cl)cc1. The van der Waals surface area contributed by atoms with Crippen molar-refractivity contribution in [3.05, 3.63) is 87.7 Å². The van der Waals surface area contributed by atoms with Crippen LogP contribution in [0, 0.1) is 13.8 Å². The van der Waals surface area contributed by atoms with E-state index in [-0.39, 0.29) is 10.8 Å². The molecule has 0 radical (unpaired) electrons. The molecule has 0 unspecified atom stereocenters. The second-order valence-electron chi connectivity index (χ2n) is 7.50. The van der Waals surface area contributed by atoms with Crippen molar-refractivity contribution in [3.63, 3.8) is 0 Å². The number of hydrogen-bond donors (Lipinski definition) is 2. The third-order valence-electron chi connectivity index (χ3n) is 4.93. The summed E-state index contributed by atoms with van der Waals surface area (Å²) >= 11 is 6.49. The van der Waals surface area contributed by atoms with E-state index in [0.29, 0.717) is 30.2 Å². The number of hydrogen-bond acceptors (Lipinski definition) is 4. The van der Waals surface area contributed by atoms with Gasteiger partial charge in [0, 0.05) is 18.2 Å². The second-order valence-corrected chi connectivity index (χ2v) is 9.42. The van der Waals surface area contributed by atoms with Gasteiger partial charge >= 0.3 is 0 Å². The van der Waals surface area contributed by atoms with Crippen molar-refractivity contribution < 1.29 is 13.2 Å². The van der Waals surface area contributed by atoms with Crippen molar-refractivity contribution in [2.45, 2.75) is 31.7 Å². The Balaban J connectivity index is 1.56. The summed E-state index contributed by atoms with van der Waals surface area (Å²) in [5, 5.41) is 12.8. The normalized spacial score (nSPS) is 11.8. The van der Waals surface area contributed by atoms with Gasteiger partial charge in [-0.3, -0.25) is 4.79 Å². The molecule has 1 amide bonds. The van der Waals surface area contributed by atoms with Gasteiger partial charge in [-0.05, 0) is 49.6 Å². The summed E-state index contributed by atoms with van der Waals surface area (Å²) in [7, 11) is -3.71. The molecule has 0 aliphatic carbocycles. The fraction of sp³-hybridized carbons (Fsp3) is 0.217. The summed E-state index contributed by atoms with van der Waals surface area (Å²) in [6.45, 7) is 4.83. The lowest BCUT2D eigenvalue weighted by atomic mass is 10.1. The third kappa shape index (κ3) is 6.29. The maximum absolute atomic E-state index is 12.2. The van der Waals surface area contributed by atoms with E-state index in [9.17, 15) is 13.2 Å². The molecular weight excluding hydrogens is 448 g/mol. The van der Waals surface area contributed by atoms with E-state index in [4.69, 9.17) is 16.7 Å². The predicted octanol–water partition coefficient (Wildman–Crippen LogP) is 3.22. The number of benzene rings is 2. The number of nitrogens with one attached hydrogen (secondary N) is 1. The molecule has 0 aliphatic heterocycles. The average Bonchev–Trinajstić information content (AvgIpc) is 3.00. The minimum absolute atomic E-state index is 0.0587. The van der Waals surface area contributed by atoms with Crippen LogP contribution in [0.3, 0.4) is 0 Å². The number of carbonyl (C=O) groups is 1. The molecule has 0 aliphatic rings. The van der Waals surface area contributed by atoms with Crippen molar-refractivity contribution in [1.29, 1.82) is 0 Å². The number of aryl methyl sites for hydroxylation is 2. The molecule has 0 bridgehead atoms. The third-order valence-corrected chi connectivity index (χ3v) is 6.26. The highest BCUT2D eigenvalue weighted by atomic mass is 35.5. The Bertz CT molecular complexity index is 1230. The van der Waals surface area contributed by atoms with Gasteiger partial charge in [-0.2, -0.15) is 5.10 Å². The summed E-state index contributed by atoms with van der Waals surface area (Å²) < 4.78 is 24.3. The highest BCUT2D eigenvalue weighted by Crippen LogP contribution is 2.22. The first kappa shape index (κ1) is 23.7. The molecule has 7 nitrogen and oxygen atoms in total. The fourth-order valence-electron chi connectivity index (χ4n) is 3.12. The highest BCUT2D eigenvalue weighted by molar-refractivity contribution is 7.89. The lowest BCUT2D eigenvalue weighted by Crippen LogP contribution is -2.23. The van der Waals surface area contributed by atoms with E-state index in [1.54, 1.807) is 22.9 Å². The zero-order valence-electron chi connectivity index (χ0n) is 17.9. The lowest BCUT2D eigenvalue weighted by Gasteiger charge is -2.05. The number of carbonyl (C=O) groups excluding carboxylic acids is 1. The zero-order valence-corrected chi connectivity index (χ0v) is 19.4. The monoisotopic (exact) mass is 472 g/mol. The number of nitrogens with zero attached hydrogens (tertiary/aromatic N) is 2. The van der Waals surface area contributed by atoms with Gasteiger partial charge in [-0.1, -0.05) is 53.6 Å². The Hall–Kier alpha value is -2.94. The van der Waals surface area contributed by atoms with Crippen molar-refractivity contribution in [3.8, 4) is 0 Å². The van der Waals surface area contributed by atoms with E-state index in [2.05, 4.69) is 10.4 Å². The van der Waals surface area contributed by atoms with Gasteiger partial charge in [0.1, 0.15) is 5.15 Å². The van der Waals surface area contributed by atoms with Crippen molar-refractivity contribution in [2.75, 3.05) is 6.54 Å². The van der Waals surface area contributed by atoms with Gasteiger partial charge < -0.3 is 5.32 Å². The molecule has 9 heteroatoms. The molecule has 2 aromatic carbocycles. The molecule has 0 fully saturated rings. The van der Waals surface area contributed by atoms with Crippen LogP contribution in [0.1, 0.15) is 27.9 Å². The number of halogens is 1. The number of amides is 1. The van der Waals surface area contributed by atoms with E-state index in [0.717, 1.165) is 16.8 Å². The smallest absolute Gasteiger partial charge is 0.244 e. The van der Waals surface area contributed by atoms with Crippen LogP contribution in [0.25, 0.3) is 6.08 Å². The van der Waals surface area contributed by atoms with Gasteiger partial charge in [0.2, 0.25) is 15.9 Å². The van der Waals surface area contributed by atoms with E-state index in [1.807, 2.05) is 38.1 Å². The second kappa shape index (κ2) is 10.1. The Kier molecular flexibility index (Phi) is 7.50. The van der Waals surface area contributed by atoms with Gasteiger partial charge in [0.25, 0.3) is 0 Å². The van der Waals surface area contributed by atoms with Gasteiger partial charge in [0.15, 0.2) is 0 Å². The summed E-state index contributed by atoms with van der Waals surface area (Å²) in [5.74, 6) is -0.257. The molecule has 3 rings (SSSR count). The van der Waals surface area contributed by atoms with Crippen LogP contribution in [0.5, 0.6) is 0 Å². The van der Waals surface area contributed by atoms with E-state index in [1.165, 1.54) is 23.8 Å². The first-order valence-electron chi connectivity index (χ1n) is 9.99. The van der Waals surface area contributed by atoms with Gasteiger partial charge in [-0.25, -0.2) is 18.2 Å². The minimum atomic E-state index is -3.71. The Morgan fingerprint density at radius 3 is 2.34 bits per heavy atom. The molecule has 1 aromatic heterocycles. The Morgan fingerprint density at radius 2 is 1.72 bits per heavy atom. The summed E-state index contributed by atoms with van der Waals surface area (Å²) in [5.41, 5.74) is 4.60. The maximum Gasteiger partial charge on any atom is 0.244 e. The van der Waals surface area contributed by atoms with Gasteiger partial charge in [-0.15, -0.1) is 0 Å². The van der Waals surface area contributed by atoms with Crippen LogP contribution in [-0.4, -0.2) is 30.7 Å². The molecule has 0 saturated heterocycles. The number of sulfonamides is 1. The van der Waals surface area contributed by atoms with Crippen LogP contribution in [0.2, 0.25) is 5.15 Å². The Labute approximate surface area is 192 Å². The van der Waals surface area contributed by atoms with Crippen molar-refractivity contribution >= 4 is 33.6 Å². The van der Waals surface area contributed by atoms with Crippen molar-refractivity contribution in [2.24, 2.45) is 5.14 Å². The first-order chi connectivity index (χ1) is 15.1. The highest BCUT2D eigenvalue weighted by Gasteiger charge is 2.12. The number of aromatic nitrogens is 2. The molecule has 0 spiro atoms. The molecule has 3 aromatic rings. The summed E-state index contributed by atoms with van der Waals surface area (Å²) in [6, 6.07) is 14.4. The number of nitrogens with two attached hydrogens (primary N) is 1. The summed E-state index contributed by atoms with van der Waals surface area (Å²) in [6.07, 6.45) is 3.64. The topological polar surface area (TPSA) is 107 Å². The molecule has 168 valence electrons. The minimum Gasteiger partial charge on any atom is -0.352 e. The quantitative estimate of drug-likeness (QED) is 0.491.